The van der Waals surface area contributed by atoms with Crippen molar-refractivity contribution in [1.82, 2.24) is 0 Å². The molecule has 0 heterocycles. The van der Waals surface area contributed by atoms with E-state index in [0.717, 1.165) is 30.7 Å². The van der Waals surface area contributed by atoms with Crippen molar-refractivity contribution >= 4 is 0 Å². The molecule has 1 aromatic rings. The van der Waals surface area contributed by atoms with Crippen molar-refractivity contribution < 1.29 is 13.2 Å². The van der Waals surface area contributed by atoms with Crippen LogP contribution in [0.2, 0.25) is 0 Å². The molecule has 1 nitrogen and oxygen atoms in total. The Morgan fingerprint density at radius 2 is 1.57 bits per heavy atom. The molecule has 2 aliphatic rings. The fourth-order valence-electron chi connectivity index (χ4n) is 4.63. The lowest BCUT2D eigenvalue weighted by molar-refractivity contribution is 0.235. The van der Waals surface area contributed by atoms with Crippen LogP contribution in [0.4, 0.5) is 13.2 Å². The topological polar surface area (TPSA) is 23.8 Å². The first-order chi connectivity index (χ1) is 13.6. The summed E-state index contributed by atoms with van der Waals surface area (Å²) in [5.41, 5.74) is 0.964. The van der Waals surface area contributed by atoms with Crippen LogP contribution in [-0.4, -0.2) is 12.8 Å². The number of nitrogens with zero attached hydrogens (tertiary/aromatic N) is 1. The molecule has 0 saturated heterocycles. The van der Waals surface area contributed by atoms with Crippen molar-refractivity contribution in [2.75, 3.05) is 6.67 Å². The maximum absolute atomic E-state index is 13.4. The molecule has 0 aromatic heterocycles. The molecule has 3 rings (SSSR count). The molecule has 4 heteroatoms. The SMILES string of the molecule is CCCC1CCC(CCF)CC1.N#Cc1ccc(C2CCC(F)CC2)cc1F. The minimum atomic E-state index is -0.695. The Labute approximate surface area is 168 Å². The fraction of sp³-hybridized carbons (Fsp3) is 0.708. The summed E-state index contributed by atoms with van der Waals surface area (Å²) < 4.78 is 38.4. The van der Waals surface area contributed by atoms with Crippen molar-refractivity contribution in [1.29, 1.82) is 5.26 Å². The number of rotatable bonds is 5. The zero-order valence-electron chi connectivity index (χ0n) is 17.1. The van der Waals surface area contributed by atoms with Crippen molar-refractivity contribution in [3.8, 4) is 6.07 Å². The Bertz CT molecular complexity index is 595. The highest BCUT2D eigenvalue weighted by Gasteiger charge is 2.22. The number of nitriles is 1. The van der Waals surface area contributed by atoms with Crippen LogP contribution in [-0.2, 0) is 0 Å². The zero-order chi connectivity index (χ0) is 20.4. The summed E-state index contributed by atoms with van der Waals surface area (Å²) in [6, 6.07) is 6.50. The molecule has 2 saturated carbocycles. The van der Waals surface area contributed by atoms with E-state index < -0.39 is 12.0 Å². The van der Waals surface area contributed by atoms with Gasteiger partial charge in [-0.15, -0.1) is 0 Å². The van der Waals surface area contributed by atoms with Crippen molar-refractivity contribution in [2.45, 2.75) is 89.6 Å². The summed E-state index contributed by atoms with van der Waals surface area (Å²) in [6.07, 6.45) is 10.8. The van der Waals surface area contributed by atoms with E-state index in [2.05, 4.69) is 6.92 Å². The van der Waals surface area contributed by atoms with Gasteiger partial charge in [-0.2, -0.15) is 5.26 Å². The second-order valence-corrected chi connectivity index (χ2v) is 8.45. The molecular weight excluding hydrogens is 359 g/mol. The van der Waals surface area contributed by atoms with Crippen LogP contribution in [0.15, 0.2) is 18.2 Å². The van der Waals surface area contributed by atoms with Crippen LogP contribution in [0.5, 0.6) is 0 Å². The van der Waals surface area contributed by atoms with E-state index in [-0.39, 0.29) is 18.2 Å². The van der Waals surface area contributed by atoms with Gasteiger partial charge in [-0.3, -0.25) is 4.39 Å². The lowest BCUT2D eigenvalue weighted by Crippen LogP contribution is -2.14. The maximum Gasteiger partial charge on any atom is 0.141 e. The summed E-state index contributed by atoms with van der Waals surface area (Å²) in [4.78, 5) is 0. The standard InChI is InChI=1S/C13H13F2N.C11H21F/c14-12-5-3-9(4-6-12)10-1-2-11(8-16)13(15)7-10;1-2-3-10-4-6-11(7-5-10)8-9-12/h1-2,7,9,12H,3-6H2;10-11H,2-9H2,1H3. The third-order valence-corrected chi connectivity index (χ3v) is 6.42. The van der Waals surface area contributed by atoms with Gasteiger partial charge in [-0.25, -0.2) is 8.78 Å². The first-order valence-corrected chi connectivity index (χ1v) is 11.0. The quantitative estimate of drug-likeness (QED) is 0.504. The molecule has 0 radical (unpaired) electrons. The van der Waals surface area contributed by atoms with E-state index in [4.69, 9.17) is 5.26 Å². The van der Waals surface area contributed by atoms with Crippen molar-refractivity contribution in [3.05, 3.63) is 35.1 Å². The molecule has 2 fully saturated rings. The van der Waals surface area contributed by atoms with Crippen molar-refractivity contribution in [3.63, 3.8) is 0 Å². The summed E-state index contributed by atoms with van der Waals surface area (Å²) >= 11 is 0. The van der Waals surface area contributed by atoms with Crippen LogP contribution in [0.1, 0.15) is 94.6 Å². The Hall–Kier alpha value is -1.50. The third-order valence-electron chi connectivity index (χ3n) is 6.42. The van der Waals surface area contributed by atoms with E-state index >= 15 is 0 Å². The third kappa shape index (κ3) is 7.15. The highest BCUT2D eigenvalue weighted by molar-refractivity contribution is 5.34. The normalized spacial score (nSPS) is 27.4. The Morgan fingerprint density at radius 3 is 2.07 bits per heavy atom. The van der Waals surface area contributed by atoms with Gasteiger partial charge in [0.15, 0.2) is 0 Å². The largest absolute Gasteiger partial charge is 0.251 e. The minimum absolute atomic E-state index is 0.0722. The summed E-state index contributed by atoms with van der Waals surface area (Å²) in [7, 11) is 0. The molecule has 156 valence electrons. The molecule has 0 N–H and O–H groups in total. The number of benzene rings is 1. The highest BCUT2D eigenvalue weighted by atomic mass is 19.1. The molecular formula is C24H34F3N. The molecule has 0 unspecified atom stereocenters. The molecule has 1 aromatic carbocycles. The predicted octanol–water partition coefficient (Wildman–Crippen LogP) is 7.65. The predicted molar refractivity (Wildman–Crippen MR) is 108 cm³/mol. The van der Waals surface area contributed by atoms with E-state index in [1.54, 1.807) is 12.1 Å². The van der Waals surface area contributed by atoms with Gasteiger partial charge in [0.2, 0.25) is 0 Å². The van der Waals surface area contributed by atoms with Gasteiger partial charge >= 0.3 is 0 Å². The molecule has 28 heavy (non-hydrogen) atoms. The Morgan fingerprint density at radius 1 is 0.964 bits per heavy atom. The summed E-state index contributed by atoms with van der Waals surface area (Å²) in [5.74, 6) is 1.45. The smallest absolute Gasteiger partial charge is 0.141 e. The molecule has 0 amide bonds. The van der Waals surface area contributed by atoms with Gasteiger partial charge in [-0.05, 0) is 67.6 Å². The number of alkyl halides is 2. The van der Waals surface area contributed by atoms with E-state index in [0.29, 0.717) is 18.8 Å². The first-order valence-electron chi connectivity index (χ1n) is 11.0. The lowest BCUT2D eigenvalue weighted by atomic mass is 9.79. The van der Waals surface area contributed by atoms with Crippen LogP contribution >= 0.6 is 0 Å². The first kappa shape index (κ1) is 22.8. The molecule has 0 spiro atoms. The molecule has 0 bridgehead atoms. The number of hydrogen-bond donors (Lipinski definition) is 0. The van der Waals surface area contributed by atoms with Gasteiger partial charge in [0.25, 0.3) is 0 Å². The monoisotopic (exact) mass is 393 g/mol. The van der Waals surface area contributed by atoms with E-state index in [1.807, 2.05) is 0 Å². The zero-order valence-corrected chi connectivity index (χ0v) is 17.1. The average molecular weight is 394 g/mol. The highest BCUT2D eigenvalue weighted by Crippen LogP contribution is 2.35. The van der Waals surface area contributed by atoms with E-state index in [1.165, 1.54) is 50.7 Å². The summed E-state index contributed by atoms with van der Waals surface area (Å²) in [6.45, 7) is 2.15. The molecule has 2 aliphatic carbocycles. The summed E-state index contributed by atoms with van der Waals surface area (Å²) in [5, 5.41) is 8.61. The fourth-order valence-corrected chi connectivity index (χ4v) is 4.63. The van der Waals surface area contributed by atoms with Crippen LogP contribution in [0.25, 0.3) is 0 Å². The van der Waals surface area contributed by atoms with Gasteiger partial charge in [0.1, 0.15) is 18.1 Å². The van der Waals surface area contributed by atoms with Gasteiger partial charge in [0.05, 0.1) is 12.2 Å². The van der Waals surface area contributed by atoms with E-state index in [9.17, 15) is 13.2 Å². The average Bonchev–Trinajstić information content (AvgIpc) is 2.71. The van der Waals surface area contributed by atoms with Crippen LogP contribution < -0.4 is 0 Å². The Balaban J connectivity index is 0.000000209. The van der Waals surface area contributed by atoms with Gasteiger partial charge < -0.3 is 0 Å². The Kier molecular flexibility index (Phi) is 9.88. The van der Waals surface area contributed by atoms with Crippen LogP contribution in [0, 0.1) is 29.0 Å². The second-order valence-electron chi connectivity index (χ2n) is 8.45. The molecule has 0 atom stereocenters. The number of halogens is 3. The van der Waals surface area contributed by atoms with Gasteiger partial charge in [-0.1, -0.05) is 51.5 Å². The van der Waals surface area contributed by atoms with Crippen LogP contribution in [0.3, 0.4) is 0 Å². The maximum atomic E-state index is 13.4. The molecule has 0 aliphatic heterocycles. The second kappa shape index (κ2) is 12.1. The van der Waals surface area contributed by atoms with Crippen molar-refractivity contribution in [2.24, 2.45) is 11.8 Å². The lowest BCUT2D eigenvalue weighted by Gasteiger charge is -2.27. The minimum Gasteiger partial charge on any atom is -0.251 e. The van der Waals surface area contributed by atoms with Gasteiger partial charge in [0, 0.05) is 0 Å². The number of hydrogen-bond acceptors (Lipinski definition) is 1.